The van der Waals surface area contributed by atoms with Crippen LogP contribution in [0.3, 0.4) is 0 Å². The summed E-state index contributed by atoms with van der Waals surface area (Å²) in [5, 5.41) is 15.0. The average molecular weight is 743 g/mol. The predicted octanol–water partition coefficient (Wildman–Crippen LogP) is 3.95. The molecule has 0 radical (unpaired) electrons. The molecule has 1 spiro atoms. The van der Waals surface area contributed by atoms with Crippen LogP contribution in [-0.2, 0) is 62.3 Å². The molecule has 12 nitrogen and oxygen atoms in total. The number of carbonyl (C=O) groups is 3. The molecule has 10 atom stereocenters. The van der Waals surface area contributed by atoms with Crippen LogP contribution in [0, 0.1) is 11.3 Å². The number of aliphatic hydroxyl groups is 1. The highest BCUT2D eigenvalue weighted by Gasteiger charge is 2.76. The standard InChI is InChI=1S/C42H50N2O10/c1-40(2,3)51-33(46)17-15-29(23-45)43-39(48)42-21-32-34-35(53-41(52-34)19-26-9-5-6-10-27(26)20-41)37(42)54-44(36(42)38(47)50-32)22-28-11-7-4-8-25(28)14-12-24-13-16-30-31(18-24)49-30/h4-12,14,24,29-32,34-37,45H,13,15-23H2,1-3H3,(H,43,48)/t24?,29-,30?,31?,32+,34-,35-,36-,37+,42-/m0/s1. The Hall–Kier alpha value is -3.65. The van der Waals surface area contributed by atoms with Gasteiger partial charge in [0.2, 0.25) is 5.91 Å². The van der Waals surface area contributed by atoms with Gasteiger partial charge in [0.25, 0.3) is 0 Å². The van der Waals surface area contributed by atoms with Crippen LogP contribution in [0.1, 0.15) is 81.5 Å². The molecule has 2 aromatic rings. The topological polar surface area (TPSA) is 145 Å². The SMILES string of the molecule is CC(C)(C)OC(=O)CC[C@@H](CO)NC(=O)[C@@]12C[C@H]3OC(=O)[C@@H]1N(Cc1ccccc1C=CC1CCC4OC4C1)O[C@@H]2[C@H]1OC2(Cc4ccccc4C2)O[C@H]13. The van der Waals surface area contributed by atoms with Crippen molar-refractivity contribution in [1.82, 2.24) is 10.4 Å². The van der Waals surface area contributed by atoms with E-state index in [1.807, 2.05) is 36.4 Å². The second-order valence-corrected chi connectivity index (χ2v) is 17.2. The van der Waals surface area contributed by atoms with Crippen LogP contribution in [0.2, 0.25) is 0 Å². The van der Waals surface area contributed by atoms with E-state index in [1.165, 1.54) is 0 Å². The molecule has 4 saturated heterocycles. The zero-order valence-electron chi connectivity index (χ0n) is 31.1. The molecule has 0 aromatic heterocycles. The minimum Gasteiger partial charge on any atom is -0.460 e. The fourth-order valence-electron chi connectivity index (χ4n) is 9.83. The molecule has 6 fully saturated rings. The van der Waals surface area contributed by atoms with Gasteiger partial charge in [-0.25, -0.2) is 0 Å². The predicted molar refractivity (Wildman–Crippen MR) is 193 cm³/mol. The zero-order chi connectivity index (χ0) is 37.4. The fraction of sp³-hybridized carbons (Fsp3) is 0.595. The van der Waals surface area contributed by atoms with Crippen LogP contribution in [0.25, 0.3) is 6.08 Å². The first-order valence-corrected chi connectivity index (χ1v) is 19.6. The van der Waals surface area contributed by atoms with E-state index < -0.39 is 77.8 Å². The van der Waals surface area contributed by atoms with Gasteiger partial charge in [-0.3, -0.25) is 19.2 Å². The maximum absolute atomic E-state index is 14.9. The van der Waals surface area contributed by atoms with Gasteiger partial charge in [0.1, 0.15) is 35.4 Å². The number of nitrogens with zero attached hydrogens (tertiary/aromatic N) is 1. The van der Waals surface area contributed by atoms with Crippen molar-refractivity contribution in [3.05, 3.63) is 76.9 Å². The fourth-order valence-corrected chi connectivity index (χ4v) is 9.83. The van der Waals surface area contributed by atoms with Crippen molar-refractivity contribution >= 4 is 23.9 Å². The van der Waals surface area contributed by atoms with E-state index in [-0.39, 0.29) is 25.8 Å². The van der Waals surface area contributed by atoms with Gasteiger partial charge in [0.15, 0.2) is 11.8 Å². The van der Waals surface area contributed by atoms with E-state index in [1.54, 1.807) is 25.8 Å². The van der Waals surface area contributed by atoms with Crippen LogP contribution in [0.4, 0.5) is 0 Å². The number of hydrogen-bond acceptors (Lipinski definition) is 11. The molecule has 2 saturated carbocycles. The number of hydroxylamine groups is 2. The largest absolute Gasteiger partial charge is 0.460 e. The van der Waals surface area contributed by atoms with Crippen molar-refractivity contribution in [2.75, 3.05) is 6.61 Å². The smallest absolute Gasteiger partial charge is 0.327 e. The summed E-state index contributed by atoms with van der Waals surface area (Å²) >= 11 is 0. The molecule has 2 N–H and O–H groups in total. The minimum atomic E-state index is -1.42. The van der Waals surface area contributed by atoms with Crippen molar-refractivity contribution in [1.29, 1.82) is 0 Å². The second kappa shape index (κ2) is 13.5. The van der Waals surface area contributed by atoms with Crippen LogP contribution in [0.15, 0.2) is 54.6 Å². The van der Waals surface area contributed by atoms with Crippen molar-refractivity contribution in [2.45, 2.75) is 139 Å². The van der Waals surface area contributed by atoms with E-state index >= 15 is 0 Å². The molecular weight excluding hydrogens is 692 g/mol. The lowest BCUT2D eigenvalue weighted by molar-refractivity contribution is -0.217. The van der Waals surface area contributed by atoms with E-state index in [0.717, 1.165) is 41.5 Å². The summed E-state index contributed by atoms with van der Waals surface area (Å²) in [5.41, 5.74) is 2.11. The summed E-state index contributed by atoms with van der Waals surface area (Å²) in [6.45, 7) is 5.18. The number of rotatable bonds is 10. The van der Waals surface area contributed by atoms with Crippen molar-refractivity contribution in [3.8, 4) is 0 Å². The third-order valence-corrected chi connectivity index (χ3v) is 12.4. The van der Waals surface area contributed by atoms with Crippen molar-refractivity contribution in [3.63, 3.8) is 0 Å². The Morgan fingerprint density at radius 1 is 1.02 bits per heavy atom. The van der Waals surface area contributed by atoms with Crippen LogP contribution in [-0.4, -0.2) is 94.7 Å². The summed E-state index contributed by atoms with van der Waals surface area (Å²) in [5.74, 6) is -1.98. The molecule has 7 aliphatic rings. The van der Waals surface area contributed by atoms with Gasteiger partial charge in [0.05, 0.1) is 31.4 Å². The number of allylic oxidation sites excluding steroid dienone is 1. The highest BCUT2D eigenvalue weighted by atomic mass is 16.8. The monoisotopic (exact) mass is 742 g/mol. The molecule has 4 heterocycles. The van der Waals surface area contributed by atoms with Crippen LogP contribution < -0.4 is 5.32 Å². The van der Waals surface area contributed by atoms with Crippen LogP contribution >= 0.6 is 0 Å². The summed E-state index contributed by atoms with van der Waals surface area (Å²) in [7, 11) is 0. The Morgan fingerprint density at radius 3 is 2.50 bits per heavy atom. The normalized spacial score (nSPS) is 34.9. The van der Waals surface area contributed by atoms with Gasteiger partial charge in [-0.05, 0) is 74.6 Å². The number of aliphatic hydroxyl groups excluding tert-OH is 1. The quantitative estimate of drug-likeness (QED) is 0.270. The van der Waals surface area contributed by atoms with Crippen molar-refractivity contribution < 1.29 is 48.0 Å². The molecule has 4 aliphatic heterocycles. The lowest BCUT2D eigenvalue weighted by atomic mass is 9.62. The Morgan fingerprint density at radius 2 is 1.76 bits per heavy atom. The highest BCUT2D eigenvalue weighted by molar-refractivity contribution is 5.94. The number of carbonyl (C=O) groups excluding carboxylic acids is 3. The van der Waals surface area contributed by atoms with Gasteiger partial charge in [-0.2, -0.15) is 5.06 Å². The number of esters is 2. The summed E-state index contributed by atoms with van der Waals surface area (Å²) < 4.78 is 31.0. The van der Waals surface area contributed by atoms with E-state index in [9.17, 15) is 19.5 Å². The first-order valence-electron chi connectivity index (χ1n) is 19.6. The number of epoxide rings is 1. The van der Waals surface area contributed by atoms with Gasteiger partial charge in [-0.1, -0.05) is 60.7 Å². The third-order valence-electron chi connectivity index (χ3n) is 12.4. The molecule has 288 valence electrons. The number of amides is 1. The summed E-state index contributed by atoms with van der Waals surface area (Å²) in [6.07, 6.45) is 6.78. The van der Waals surface area contributed by atoms with Crippen molar-refractivity contribution in [2.24, 2.45) is 11.3 Å². The highest BCUT2D eigenvalue weighted by Crippen LogP contribution is 2.58. The van der Waals surface area contributed by atoms with E-state index in [0.29, 0.717) is 31.0 Å². The second-order valence-electron chi connectivity index (χ2n) is 17.2. The Labute approximate surface area is 315 Å². The molecule has 1 amide bonds. The van der Waals surface area contributed by atoms with E-state index in [2.05, 4.69) is 29.6 Å². The minimum absolute atomic E-state index is 0.0000751. The number of nitrogens with one attached hydrogen (secondary N) is 1. The maximum atomic E-state index is 14.9. The molecule has 3 aliphatic carbocycles. The molecule has 54 heavy (non-hydrogen) atoms. The lowest BCUT2D eigenvalue weighted by Gasteiger charge is -2.49. The average Bonchev–Trinajstić information content (AvgIpc) is 3.48. The van der Waals surface area contributed by atoms with Gasteiger partial charge >= 0.3 is 11.9 Å². The molecule has 12 heteroatoms. The van der Waals surface area contributed by atoms with E-state index in [4.69, 9.17) is 28.5 Å². The number of ether oxygens (including phenoxy) is 5. The van der Waals surface area contributed by atoms with Gasteiger partial charge in [0, 0.05) is 25.7 Å². The third kappa shape index (κ3) is 6.48. The first-order chi connectivity index (χ1) is 25.9. The molecule has 9 rings (SSSR count). The van der Waals surface area contributed by atoms with Gasteiger partial charge in [-0.15, -0.1) is 0 Å². The zero-order valence-corrected chi connectivity index (χ0v) is 31.1. The summed E-state index contributed by atoms with van der Waals surface area (Å²) in [4.78, 5) is 48.5. The first kappa shape index (κ1) is 36.0. The molecule has 2 aromatic carbocycles. The number of fused-ring (bicyclic) bond motifs is 6. The Kier molecular flexibility index (Phi) is 9.02. The molecule has 3 unspecified atom stereocenters. The number of benzene rings is 2. The number of hydrogen-bond donors (Lipinski definition) is 2. The van der Waals surface area contributed by atoms with Crippen LogP contribution in [0.5, 0.6) is 0 Å². The lowest BCUT2D eigenvalue weighted by Crippen LogP contribution is -2.70. The molecule has 2 bridgehead atoms. The summed E-state index contributed by atoms with van der Waals surface area (Å²) in [6, 6.07) is 14.3. The Balaban J connectivity index is 1.01. The maximum Gasteiger partial charge on any atom is 0.327 e. The molecular formula is C42H50N2O10. The Bertz CT molecular complexity index is 1820. The van der Waals surface area contributed by atoms with Gasteiger partial charge < -0.3 is 34.1 Å².